The summed E-state index contributed by atoms with van der Waals surface area (Å²) < 4.78 is 0.682. The first kappa shape index (κ1) is 17.3. The molecule has 114 valence electrons. The van der Waals surface area contributed by atoms with Crippen molar-refractivity contribution in [3.8, 4) is 0 Å². The molecular weight excluding hydrogens is 294 g/mol. The molecule has 0 aliphatic heterocycles. The highest BCUT2D eigenvalue weighted by Gasteiger charge is 2.12. The number of guanidine groups is 1. The summed E-state index contributed by atoms with van der Waals surface area (Å²) in [5, 5.41) is 16.6. The smallest absolute Gasteiger partial charge is 0.191 e. The number of thiophene rings is 1. The first-order valence-electron chi connectivity index (χ1n) is 6.92. The number of rotatable bonds is 6. The molecule has 20 heavy (non-hydrogen) atoms. The average Bonchev–Trinajstić information content (AvgIpc) is 2.82. The van der Waals surface area contributed by atoms with Crippen LogP contribution in [0.2, 0.25) is 4.34 Å². The summed E-state index contributed by atoms with van der Waals surface area (Å²) in [4.78, 5) is 5.27. The highest BCUT2D eigenvalue weighted by molar-refractivity contribution is 7.16. The maximum absolute atomic E-state index is 10.1. The second kappa shape index (κ2) is 8.49. The van der Waals surface area contributed by atoms with Gasteiger partial charge in [0.05, 0.1) is 10.9 Å². The fourth-order valence-electron chi connectivity index (χ4n) is 1.48. The van der Waals surface area contributed by atoms with Crippen LogP contribution >= 0.6 is 22.9 Å². The predicted molar refractivity (Wildman–Crippen MR) is 87.7 cm³/mol. The topological polar surface area (TPSA) is 56.7 Å². The number of aliphatic hydroxyl groups is 1. The molecule has 1 heterocycles. The summed E-state index contributed by atoms with van der Waals surface area (Å²) in [7, 11) is 0. The standard InChI is InChI=1S/C14H24ClN3OS/c1-5-16-14(18-10(4)9(2)3)17-8-11(19)12-6-7-13(15)20-12/h6-7,9-11,19H,5,8H2,1-4H3,(H2,16,17,18). The Labute approximate surface area is 130 Å². The molecule has 0 radical (unpaired) electrons. The molecule has 2 unspecified atom stereocenters. The number of aliphatic hydroxyl groups excluding tert-OH is 1. The third-order valence-corrected chi connectivity index (χ3v) is 4.39. The van der Waals surface area contributed by atoms with Gasteiger partial charge in [-0.2, -0.15) is 0 Å². The lowest BCUT2D eigenvalue weighted by molar-refractivity contribution is 0.191. The molecule has 1 rings (SSSR count). The van der Waals surface area contributed by atoms with E-state index in [9.17, 15) is 5.11 Å². The van der Waals surface area contributed by atoms with E-state index in [1.54, 1.807) is 6.07 Å². The molecule has 0 aliphatic carbocycles. The van der Waals surface area contributed by atoms with Gasteiger partial charge in [-0.15, -0.1) is 11.3 Å². The van der Waals surface area contributed by atoms with Crippen molar-refractivity contribution >= 4 is 28.9 Å². The van der Waals surface area contributed by atoms with Crippen LogP contribution in [0, 0.1) is 5.92 Å². The van der Waals surface area contributed by atoms with E-state index in [4.69, 9.17) is 11.6 Å². The minimum Gasteiger partial charge on any atom is -0.386 e. The first-order valence-corrected chi connectivity index (χ1v) is 8.11. The van der Waals surface area contributed by atoms with Gasteiger partial charge >= 0.3 is 0 Å². The number of halogens is 1. The lowest BCUT2D eigenvalue weighted by Gasteiger charge is -2.21. The van der Waals surface area contributed by atoms with E-state index in [0.717, 1.165) is 17.4 Å². The van der Waals surface area contributed by atoms with E-state index in [-0.39, 0.29) is 0 Å². The molecule has 0 fully saturated rings. The normalized spacial score (nSPS) is 15.2. The number of nitrogens with one attached hydrogen (secondary N) is 2. The fourth-order valence-corrected chi connectivity index (χ4v) is 2.52. The van der Waals surface area contributed by atoms with Crippen LogP contribution in [0.3, 0.4) is 0 Å². The third-order valence-electron chi connectivity index (χ3n) is 3.05. The van der Waals surface area contributed by atoms with Gasteiger partial charge in [0.2, 0.25) is 0 Å². The first-order chi connectivity index (χ1) is 9.43. The molecule has 3 N–H and O–H groups in total. The lowest BCUT2D eigenvalue weighted by atomic mass is 10.1. The van der Waals surface area contributed by atoms with Gasteiger partial charge in [0.15, 0.2) is 5.96 Å². The lowest BCUT2D eigenvalue weighted by Crippen LogP contribution is -2.44. The van der Waals surface area contributed by atoms with Gasteiger partial charge < -0.3 is 15.7 Å². The van der Waals surface area contributed by atoms with Crippen molar-refractivity contribution in [3.05, 3.63) is 21.3 Å². The molecule has 1 aromatic heterocycles. The summed E-state index contributed by atoms with van der Waals surface area (Å²) in [6.45, 7) is 9.56. The second-order valence-corrected chi connectivity index (χ2v) is 6.80. The van der Waals surface area contributed by atoms with Crippen LogP contribution < -0.4 is 10.6 Å². The Morgan fingerprint density at radius 1 is 1.40 bits per heavy atom. The monoisotopic (exact) mass is 317 g/mol. The van der Waals surface area contributed by atoms with Crippen molar-refractivity contribution in [2.45, 2.75) is 39.8 Å². The van der Waals surface area contributed by atoms with E-state index in [1.807, 2.05) is 13.0 Å². The van der Waals surface area contributed by atoms with Crippen molar-refractivity contribution < 1.29 is 5.11 Å². The predicted octanol–water partition coefficient (Wildman–Crippen LogP) is 3.03. The zero-order chi connectivity index (χ0) is 15.1. The molecule has 6 heteroatoms. The van der Waals surface area contributed by atoms with Crippen molar-refractivity contribution in [2.24, 2.45) is 10.9 Å². The van der Waals surface area contributed by atoms with E-state index < -0.39 is 6.10 Å². The van der Waals surface area contributed by atoms with Crippen molar-refractivity contribution in [3.63, 3.8) is 0 Å². The van der Waals surface area contributed by atoms with Crippen LogP contribution in [0.1, 0.15) is 38.7 Å². The van der Waals surface area contributed by atoms with Crippen molar-refractivity contribution in [1.29, 1.82) is 0 Å². The van der Waals surface area contributed by atoms with Gasteiger partial charge in [0.1, 0.15) is 6.10 Å². The minimum atomic E-state index is -0.614. The largest absolute Gasteiger partial charge is 0.386 e. The molecule has 2 atom stereocenters. The van der Waals surface area contributed by atoms with Gasteiger partial charge in [-0.1, -0.05) is 25.4 Å². The second-order valence-electron chi connectivity index (χ2n) is 5.05. The molecular formula is C14H24ClN3OS. The van der Waals surface area contributed by atoms with Crippen molar-refractivity contribution in [1.82, 2.24) is 10.6 Å². The zero-order valence-electron chi connectivity index (χ0n) is 12.5. The third kappa shape index (κ3) is 5.69. The molecule has 0 aromatic carbocycles. The van der Waals surface area contributed by atoms with Crippen LogP contribution in [0.25, 0.3) is 0 Å². The Kier molecular flexibility index (Phi) is 7.34. The summed E-state index contributed by atoms with van der Waals surface area (Å²) in [6.07, 6.45) is -0.614. The van der Waals surface area contributed by atoms with Gasteiger partial charge in [-0.05, 0) is 31.9 Å². The van der Waals surface area contributed by atoms with Gasteiger partial charge in [-0.25, -0.2) is 0 Å². The Morgan fingerprint density at radius 2 is 2.10 bits per heavy atom. The molecule has 0 spiro atoms. The van der Waals surface area contributed by atoms with E-state index in [1.165, 1.54) is 11.3 Å². The van der Waals surface area contributed by atoms with Crippen molar-refractivity contribution in [2.75, 3.05) is 13.1 Å². The van der Waals surface area contributed by atoms with Gasteiger partial charge in [-0.3, -0.25) is 4.99 Å². The number of nitrogens with zero attached hydrogens (tertiary/aromatic N) is 1. The van der Waals surface area contributed by atoms with E-state index >= 15 is 0 Å². The van der Waals surface area contributed by atoms with Crippen LogP contribution in [0.15, 0.2) is 17.1 Å². The van der Waals surface area contributed by atoms with Gasteiger partial charge in [0, 0.05) is 17.5 Å². The maximum atomic E-state index is 10.1. The Morgan fingerprint density at radius 3 is 2.60 bits per heavy atom. The average molecular weight is 318 g/mol. The molecule has 1 aromatic rings. The molecule has 0 aliphatic rings. The maximum Gasteiger partial charge on any atom is 0.191 e. The Balaban J connectivity index is 2.62. The number of aliphatic imine (C=N–C) groups is 1. The van der Waals surface area contributed by atoms with Crippen LogP contribution in [0.5, 0.6) is 0 Å². The highest BCUT2D eigenvalue weighted by Crippen LogP contribution is 2.26. The molecule has 4 nitrogen and oxygen atoms in total. The summed E-state index contributed by atoms with van der Waals surface area (Å²) in [5.74, 6) is 1.25. The number of hydrogen-bond acceptors (Lipinski definition) is 3. The quantitative estimate of drug-likeness (QED) is 0.558. The Bertz CT molecular complexity index is 434. The summed E-state index contributed by atoms with van der Waals surface area (Å²) in [5.41, 5.74) is 0. The number of hydrogen-bond donors (Lipinski definition) is 3. The zero-order valence-corrected chi connectivity index (χ0v) is 14.1. The molecule has 0 bridgehead atoms. The van der Waals surface area contributed by atoms with Crippen LogP contribution in [-0.4, -0.2) is 30.2 Å². The minimum absolute atomic E-state index is 0.316. The molecule has 0 saturated heterocycles. The molecule has 0 saturated carbocycles. The molecule has 0 amide bonds. The summed E-state index contributed by atoms with van der Waals surface area (Å²) in [6, 6.07) is 3.95. The van der Waals surface area contributed by atoms with Gasteiger partial charge in [0.25, 0.3) is 0 Å². The SMILES string of the molecule is CCNC(=NCC(O)c1ccc(Cl)s1)NC(C)C(C)C. The highest BCUT2D eigenvalue weighted by atomic mass is 35.5. The van der Waals surface area contributed by atoms with E-state index in [0.29, 0.717) is 22.8 Å². The van der Waals surface area contributed by atoms with Crippen LogP contribution in [-0.2, 0) is 0 Å². The fraction of sp³-hybridized carbons (Fsp3) is 0.643. The van der Waals surface area contributed by atoms with Crippen LogP contribution in [0.4, 0.5) is 0 Å². The van der Waals surface area contributed by atoms with E-state index in [2.05, 4.69) is 36.4 Å². The Hall–Kier alpha value is -0.780. The summed E-state index contributed by atoms with van der Waals surface area (Å²) >= 11 is 7.25.